The van der Waals surface area contributed by atoms with Crippen molar-refractivity contribution >= 4 is 27.5 Å². The van der Waals surface area contributed by atoms with E-state index in [1.165, 1.54) is 16.7 Å². The second-order valence-electron chi connectivity index (χ2n) is 9.34. The zero-order valence-electron chi connectivity index (χ0n) is 19.5. The topological polar surface area (TPSA) is 43.6 Å². The van der Waals surface area contributed by atoms with Gasteiger partial charge in [-0.05, 0) is 61.4 Å². The Bertz CT molecular complexity index is 1370. The number of hydrogen-bond donors (Lipinski definition) is 1. The SMILES string of the molecule is CC1CC(C)OC(Cc2ccc3c(oc4ccccc43)c2C2C=C(c3ccccc3)C=CN2)O1. The van der Waals surface area contributed by atoms with Gasteiger partial charge in [0.15, 0.2) is 6.29 Å². The van der Waals surface area contributed by atoms with E-state index in [4.69, 9.17) is 13.9 Å². The maximum Gasteiger partial charge on any atom is 0.162 e. The van der Waals surface area contributed by atoms with Crippen molar-refractivity contribution in [3.63, 3.8) is 0 Å². The maximum absolute atomic E-state index is 6.47. The minimum absolute atomic E-state index is 0.0297. The van der Waals surface area contributed by atoms with Gasteiger partial charge in [0.25, 0.3) is 0 Å². The first kappa shape index (κ1) is 21.2. The van der Waals surface area contributed by atoms with Gasteiger partial charge in [-0.2, -0.15) is 0 Å². The van der Waals surface area contributed by atoms with Crippen LogP contribution in [0.15, 0.2) is 89.5 Å². The largest absolute Gasteiger partial charge is 0.456 e. The second kappa shape index (κ2) is 8.79. The highest BCUT2D eigenvalue weighted by atomic mass is 16.7. The van der Waals surface area contributed by atoms with Crippen LogP contribution in [0.25, 0.3) is 27.5 Å². The minimum atomic E-state index is -0.268. The van der Waals surface area contributed by atoms with Crippen LogP contribution in [0.5, 0.6) is 0 Å². The minimum Gasteiger partial charge on any atom is -0.456 e. The lowest BCUT2D eigenvalue weighted by Crippen LogP contribution is -2.37. The summed E-state index contributed by atoms with van der Waals surface area (Å²) in [5.74, 6) is 0. The molecule has 2 aliphatic rings. The number of hydrogen-bond acceptors (Lipinski definition) is 4. The molecule has 0 saturated carbocycles. The molecule has 4 aromatic rings. The van der Waals surface area contributed by atoms with Crippen LogP contribution in [0.2, 0.25) is 0 Å². The number of furan rings is 1. The monoisotopic (exact) mass is 451 g/mol. The maximum atomic E-state index is 6.47. The highest BCUT2D eigenvalue weighted by Gasteiger charge is 2.28. The third kappa shape index (κ3) is 3.93. The lowest BCUT2D eigenvalue weighted by molar-refractivity contribution is -0.232. The molecule has 2 aliphatic heterocycles. The third-order valence-corrected chi connectivity index (χ3v) is 6.80. The van der Waals surface area contributed by atoms with Gasteiger partial charge >= 0.3 is 0 Å². The van der Waals surface area contributed by atoms with E-state index >= 15 is 0 Å². The van der Waals surface area contributed by atoms with E-state index in [-0.39, 0.29) is 24.5 Å². The molecule has 1 saturated heterocycles. The summed E-state index contributed by atoms with van der Waals surface area (Å²) in [5, 5.41) is 5.84. The highest BCUT2D eigenvalue weighted by molar-refractivity contribution is 6.06. The number of dihydropyridines is 1. The molecule has 34 heavy (non-hydrogen) atoms. The van der Waals surface area contributed by atoms with Gasteiger partial charge in [0, 0.05) is 22.8 Å². The number of ether oxygens (including phenoxy) is 2. The molecular weight excluding hydrogens is 422 g/mol. The number of allylic oxidation sites excluding steroid dienone is 2. The normalized spacial score (nSPS) is 24.8. The number of nitrogens with one attached hydrogen (secondary N) is 1. The Balaban J connectivity index is 1.48. The van der Waals surface area contributed by atoms with Crippen LogP contribution in [-0.4, -0.2) is 18.5 Å². The van der Waals surface area contributed by atoms with Crippen molar-refractivity contribution in [2.45, 2.75) is 51.2 Å². The lowest BCUT2D eigenvalue weighted by atomic mass is 9.91. The second-order valence-corrected chi connectivity index (χ2v) is 9.34. The standard InChI is InChI=1S/C30H29NO3/c1-19-16-20(2)33-28(32-19)18-23-12-13-25-24-10-6-7-11-27(24)34-30(25)29(23)26-17-22(14-15-31-26)21-8-4-3-5-9-21/h3-15,17,19-20,26,28,31H,16,18H2,1-2H3. The van der Waals surface area contributed by atoms with E-state index in [1.807, 2.05) is 24.4 Å². The first-order chi connectivity index (χ1) is 16.7. The van der Waals surface area contributed by atoms with Gasteiger partial charge in [0.05, 0.1) is 18.2 Å². The number of para-hydroxylation sites is 1. The molecule has 3 atom stereocenters. The van der Waals surface area contributed by atoms with Crippen LogP contribution in [0.4, 0.5) is 0 Å². The van der Waals surface area contributed by atoms with Crippen molar-refractivity contribution < 1.29 is 13.9 Å². The summed E-state index contributed by atoms with van der Waals surface area (Å²) in [7, 11) is 0. The predicted molar refractivity (Wildman–Crippen MR) is 136 cm³/mol. The molecule has 3 aromatic carbocycles. The van der Waals surface area contributed by atoms with Crippen molar-refractivity contribution in [2.24, 2.45) is 0 Å². The van der Waals surface area contributed by atoms with Crippen molar-refractivity contribution in [3.8, 4) is 0 Å². The molecule has 6 rings (SSSR count). The Kier molecular flexibility index (Phi) is 5.48. The van der Waals surface area contributed by atoms with Crippen LogP contribution >= 0.6 is 0 Å². The van der Waals surface area contributed by atoms with Crippen LogP contribution in [0.1, 0.15) is 43.0 Å². The number of fused-ring (bicyclic) bond motifs is 3. The van der Waals surface area contributed by atoms with Gasteiger partial charge in [-0.25, -0.2) is 0 Å². The fourth-order valence-corrected chi connectivity index (χ4v) is 5.29. The molecule has 0 bridgehead atoms. The van der Waals surface area contributed by atoms with Gasteiger partial charge in [-0.15, -0.1) is 0 Å². The molecule has 3 unspecified atom stereocenters. The summed E-state index contributed by atoms with van der Waals surface area (Å²) in [6, 6.07) is 23.1. The van der Waals surface area contributed by atoms with E-state index in [0.717, 1.165) is 33.9 Å². The van der Waals surface area contributed by atoms with Crippen LogP contribution in [-0.2, 0) is 15.9 Å². The number of rotatable bonds is 4. The Morgan fingerprint density at radius 1 is 0.853 bits per heavy atom. The molecular formula is C30H29NO3. The van der Waals surface area contributed by atoms with E-state index in [1.54, 1.807) is 0 Å². The van der Waals surface area contributed by atoms with Crippen molar-refractivity contribution in [1.82, 2.24) is 5.32 Å². The van der Waals surface area contributed by atoms with E-state index in [2.05, 4.69) is 79.8 Å². The molecule has 1 fully saturated rings. The molecule has 1 N–H and O–H groups in total. The first-order valence-corrected chi connectivity index (χ1v) is 12.1. The number of benzene rings is 3. The summed E-state index contributed by atoms with van der Waals surface area (Å²) in [5.41, 5.74) is 6.54. The Hall–Kier alpha value is -3.34. The molecule has 3 heterocycles. The molecule has 0 radical (unpaired) electrons. The quantitative estimate of drug-likeness (QED) is 0.366. The van der Waals surface area contributed by atoms with Gasteiger partial charge in [0.2, 0.25) is 0 Å². The highest BCUT2D eigenvalue weighted by Crippen LogP contribution is 2.38. The zero-order chi connectivity index (χ0) is 23.1. The summed E-state index contributed by atoms with van der Waals surface area (Å²) in [6.45, 7) is 4.25. The first-order valence-electron chi connectivity index (χ1n) is 12.1. The average molecular weight is 452 g/mol. The lowest BCUT2D eigenvalue weighted by Gasteiger charge is -2.33. The molecule has 0 spiro atoms. The van der Waals surface area contributed by atoms with E-state index in [0.29, 0.717) is 6.42 Å². The molecule has 0 aliphatic carbocycles. The van der Waals surface area contributed by atoms with Gasteiger partial charge in [0.1, 0.15) is 11.2 Å². The smallest absolute Gasteiger partial charge is 0.162 e. The average Bonchev–Trinajstić information content (AvgIpc) is 3.22. The summed E-state index contributed by atoms with van der Waals surface area (Å²) < 4.78 is 18.8. The molecule has 0 amide bonds. The fourth-order valence-electron chi connectivity index (χ4n) is 5.29. The predicted octanol–water partition coefficient (Wildman–Crippen LogP) is 6.91. The third-order valence-electron chi connectivity index (χ3n) is 6.80. The Labute approximate surface area is 199 Å². The van der Waals surface area contributed by atoms with Gasteiger partial charge < -0.3 is 19.2 Å². The molecule has 4 heteroatoms. The molecule has 4 nitrogen and oxygen atoms in total. The molecule has 1 aromatic heterocycles. The summed E-state index contributed by atoms with van der Waals surface area (Å²) in [6.07, 6.45) is 8.15. The van der Waals surface area contributed by atoms with E-state index < -0.39 is 0 Å². The van der Waals surface area contributed by atoms with Crippen molar-refractivity contribution in [1.29, 1.82) is 0 Å². The Morgan fingerprint density at radius 2 is 1.62 bits per heavy atom. The molecule has 172 valence electrons. The Morgan fingerprint density at radius 3 is 2.44 bits per heavy atom. The van der Waals surface area contributed by atoms with Gasteiger partial charge in [-0.3, -0.25) is 0 Å². The van der Waals surface area contributed by atoms with Crippen LogP contribution in [0.3, 0.4) is 0 Å². The van der Waals surface area contributed by atoms with Crippen molar-refractivity contribution in [3.05, 3.63) is 102 Å². The van der Waals surface area contributed by atoms with Crippen molar-refractivity contribution in [2.75, 3.05) is 0 Å². The summed E-state index contributed by atoms with van der Waals surface area (Å²) >= 11 is 0. The summed E-state index contributed by atoms with van der Waals surface area (Å²) in [4.78, 5) is 0. The zero-order valence-corrected chi connectivity index (χ0v) is 19.5. The van der Waals surface area contributed by atoms with Crippen LogP contribution < -0.4 is 5.32 Å². The van der Waals surface area contributed by atoms with Crippen LogP contribution in [0, 0.1) is 0 Å². The fraction of sp³-hybridized carbons (Fsp3) is 0.267. The van der Waals surface area contributed by atoms with Gasteiger partial charge in [-0.1, -0.05) is 60.7 Å². The van der Waals surface area contributed by atoms with E-state index in [9.17, 15) is 0 Å².